The Morgan fingerprint density at radius 2 is 1.78 bits per heavy atom. The molecule has 0 saturated heterocycles. The molecule has 0 fully saturated rings. The van der Waals surface area contributed by atoms with Crippen LogP contribution in [0.2, 0.25) is 5.02 Å². The van der Waals surface area contributed by atoms with E-state index in [1.807, 2.05) is 0 Å². The SMILES string of the molecule is COc1ccc(CCS(=O)(=O)Nc2nn(C)c3c(-n4c(C(Cc5cc(F)cc(F)c5)NC(=O)O)nc5cc(Br)cnc5c4=O)ccc(Cl)c23)cc1. The van der Waals surface area contributed by atoms with Gasteiger partial charge in [0.1, 0.15) is 23.2 Å². The van der Waals surface area contributed by atoms with Crippen LogP contribution in [0.4, 0.5) is 19.4 Å². The molecule has 3 N–H and O–H groups in total. The quantitative estimate of drug-likeness (QED) is 0.144. The molecule has 0 aliphatic heterocycles. The zero-order valence-corrected chi connectivity index (χ0v) is 29.9. The molecule has 3 heterocycles. The van der Waals surface area contributed by atoms with E-state index in [1.54, 1.807) is 24.3 Å². The third kappa shape index (κ3) is 7.64. The Bertz CT molecular complexity index is 2480. The van der Waals surface area contributed by atoms with Gasteiger partial charge in [-0.2, -0.15) is 5.10 Å². The summed E-state index contributed by atoms with van der Waals surface area (Å²) in [7, 11) is -0.949. The second-order valence-electron chi connectivity index (χ2n) is 11.4. The topological polar surface area (TPSA) is 170 Å². The molecule has 1 unspecified atom stereocenters. The van der Waals surface area contributed by atoms with Crippen molar-refractivity contribution in [1.82, 2.24) is 29.6 Å². The predicted octanol–water partition coefficient (Wildman–Crippen LogP) is 5.91. The highest BCUT2D eigenvalue weighted by Gasteiger charge is 2.28. The Hall–Kier alpha value is -5.13. The number of halogens is 4. The second kappa shape index (κ2) is 14.2. The first-order chi connectivity index (χ1) is 24.2. The molecular formula is C33H27BrClF2N7O6S. The van der Waals surface area contributed by atoms with Gasteiger partial charge in [0, 0.05) is 30.2 Å². The van der Waals surface area contributed by atoms with Crippen molar-refractivity contribution in [2.24, 2.45) is 7.05 Å². The molecule has 18 heteroatoms. The van der Waals surface area contributed by atoms with Crippen LogP contribution in [0, 0.1) is 11.6 Å². The van der Waals surface area contributed by atoms with E-state index in [1.165, 1.54) is 43.2 Å². The van der Waals surface area contributed by atoms with Gasteiger partial charge in [0.15, 0.2) is 11.3 Å². The van der Waals surface area contributed by atoms with E-state index in [2.05, 4.69) is 41.0 Å². The van der Waals surface area contributed by atoms with Gasteiger partial charge in [-0.3, -0.25) is 18.8 Å². The first-order valence-electron chi connectivity index (χ1n) is 15.0. The average molecular weight is 803 g/mol. The maximum Gasteiger partial charge on any atom is 0.405 e. The number of nitrogens with zero attached hydrogens (tertiary/aromatic N) is 5. The monoisotopic (exact) mass is 801 g/mol. The average Bonchev–Trinajstić information content (AvgIpc) is 3.38. The molecule has 0 radical (unpaired) electrons. The number of amides is 1. The summed E-state index contributed by atoms with van der Waals surface area (Å²) >= 11 is 9.95. The van der Waals surface area contributed by atoms with Gasteiger partial charge in [-0.15, -0.1) is 0 Å². The number of hydrogen-bond acceptors (Lipinski definition) is 8. The molecule has 6 rings (SSSR count). The number of fused-ring (bicyclic) bond motifs is 2. The number of benzene rings is 3. The fraction of sp³-hybridized carbons (Fsp3) is 0.182. The second-order valence-corrected chi connectivity index (χ2v) is 14.6. The number of methoxy groups -OCH3 is 1. The van der Waals surface area contributed by atoms with Crippen LogP contribution in [0.3, 0.4) is 0 Å². The maximum atomic E-state index is 14.3. The Kier molecular flexibility index (Phi) is 9.97. The first-order valence-corrected chi connectivity index (χ1v) is 17.9. The Labute approximate surface area is 302 Å². The highest BCUT2D eigenvalue weighted by atomic mass is 79.9. The number of carbonyl (C=O) groups is 1. The molecule has 3 aromatic heterocycles. The molecule has 0 saturated carbocycles. The number of aromatic nitrogens is 5. The zero-order chi connectivity index (χ0) is 36.6. The number of pyridine rings is 1. The maximum absolute atomic E-state index is 14.3. The molecule has 6 aromatic rings. The number of ether oxygens (including phenoxy) is 1. The van der Waals surface area contributed by atoms with Gasteiger partial charge >= 0.3 is 6.09 Å². The number of hydrogen-bond donors (Lipinski definition) is 3. The van der Waals surface area contributed by atoms with Crippen molar-refractivity contribution >= 4 is 71.4 Å². The van der Waals surface area contributed by atoms with Crippen molar-refractivity contribution in [2.45, 2.75) is 18.9 Å². The molecule has 0 spiro atoms. The van der Waals surface area contributed by atoms with Crippen LogP contribution in [0.1, 0.15) is 23.0 Å². The van der Waals surface area contributed by atoms with Crippen molar-refractivity contribution in [3.63, 3.8) is 0 Å². The molecule has 3 aromatic carbocycles. The van der Waals surface area contributed by atoms with E-state index in [0.29, 0.717) is 16.3 Å². The number of anilines is 1. The van der Waals surface area contributed by atoms with Gasteiger partial charge in [-0.05, 0) is 75.9 Å². The lowest BCUT2D eigenvalue weighted by molar-refractivity contribution is 0.189. The van der Waals surface area contributed by atoms with Gasteiger partial charge in [-0.25, -0.2) is 32.0 Å². The number of carboxylic acid groups (broad SMARTS) is 1. The van der Waals surface area contributed by atoms with Gasteiger partial charge in [0.2, 0.25) is 10.0 Å². The predicted molar refractivity (Wildman–Crippen MR) is 190 cm³/mol. The van der Waals surface area contributed by atoms with E-state index in [9.17, 15) is 31.9 Å². The number of aryl methyl sites for hydroxylation is 2. The van der Waals surface area contributed by atoms with E-state index >= 15 is 0 Å². The summed E-state index contributed by atoms with van der Waals surface area (Å²) in [5.74, 6) is -1.71. The van der Waals surface area contributed by atoms with E-state index < -0.39 is 39.4 Å². The zero-order valence-electron chi connectivity index (χ0n) is 26.7. The summed E-state index contributed by atoms with van der Waals surface area (Å²) < 4.78 is 65.5. The highest BCUT2D eigenvalue weighted by Crippen LogP contribution is 2.36. The Balaban J connectivity index is 1.50. The Morgan fingerprint density at radius 1 is 1.08 bits per heavy atom. The number of nitrogens with one attached hydrogen (secondary N) is 2. The highest BCUT2D eigenvalue weighted by molar-refractivity contribution is 9.10. The van der Waals surface area contributed by atoms with E-state index in [-0.39, 0.29) is 68.4 Å². The lowest BCUT2D eigenvalue weighted by Crippen LogP contribution is -2.35. The smallest absolute Gasteiger partial charge is 0.405 e. The molecule has 1 amide bonds. The summed E-state index contributed by atoms with van der Waals surface area (Å²) in [4.78, 5) is 35.3. The molecule has 0 aliphatic carbocycles. The third-order valence-electron chi connectivity index (χ3n) is 7.90. The van der Waals surface area contributed by atoms with Crippen molar-refractivity contribution in [2.75, 3.05) is 17.6 Å². The normalized spacial score (nSPS) is 12.3. The summed E-state index contributed by atoms with van der Waals surface area (Å²) in [5, 5.41) is 16.8. The largest absolute Gasteiger partial charge is 0.497 e. The van der Waals surface area contributed by atoms with Crippen molar-refractivity contribution < 1.29 is 31.8 Å². The molecular weight excluding hydrogens is 776 g/mol. The minimum Gasteiger partial charge on any atom is -0.497 e. The molecule has 0 bridgehead atoms. The van der Waals surface area contributed by atoms with Crippen LogP contribution in [0.15, 0.2) is 76.1 Å². The van der Waals surface area contributed by atoms with Crippen LogP contribution in [-0.4, -0.2) is 56.8 Å². The first kappa shape index (κ1) is 35.7. The molecule has 13 nitrogen and oxygen atoms in total. The van der Waals surface area contributed by atoms with Crippen molar-refractivity contribution in [3.8, 4) is 11.4 Å². The van der Waals surface area contributed by atoms with Crippen LogP contribution in [0.25, 0.3) is 27.6 Å². The number of rotatable bonds is 11. The molecule has 51 heavy (non-hydrogen) atoms. The lowest BCUT2D eigenvalue weighted by Gasteiger charge is -2.22. The van der Waals surface area contributed by atoms with E-state index in [4.69, 9.17) is 16.3 Å². The third-order valence-corrected chi connectivity index (χ3v) is 9.90. The van der Waals surface area contributed by atoms with Crippen LogP contribution in [0.5, 0.6) is 5.75 Å². The minimum atomic E-state index is -3.99. The number of sulfonamides is 1. The summed E-state index contributed by atoms with van der Waals surface area (Å²) in [5.41, 5.74) is 0.400. The van der Waals surface area contributed by atoms with Crippen molar-refractivity contribution in [3.05, 3.63) is 115 Å². The fourth-order valence-corrected chi connectivity index (χ4v) is 7.31. The van der Waals surface area contributed by atoms with Gasteiger partial charge < -0.3 is 15.2 Å². The fourth-order valence-electron chi connectivity index (χ4n) is 5.70. The minimum absolute atomic E-state index is 0.0765. The van der Waals surface area contributed by atoms with Crippen LogP contribution >= 0.6 is 27.5 Å². The van der Waals surface area contributed by atoms with E-state index in [0.717, 1.165) is 22.3 Å². The molecule has 264 valence electrons. The van der Waals surface area contributed by atoms with Crippen molar-refractivity contribution in [1.29, 1.82) is 0 Å². The van der Waals surface area contributed by atoms with Gasteiger partial charge in [0.25, 0.3) is 5.56 Å². The van der Waals surface area contributed by atoms with Gasteiger partial charge in [-0.1, -0.05) is 23.7 Å². The van der Waals surface area contributed by atoms with Crippen LogP contribution in [-0.2, 0) is 29.9 Å². The summed E-state index contributed by atoms with van der Waals surface area (Å²) in [6.07, 6.45) is -0.251. The Morgan fingerprint density at radius 3 is 2.45 bits per heavy atom. The molecule has 1 atom stereocenters. The lowest BCUT2D eigenvalue weighted by atomic mass is 10.0. The summed E-state index contributed by atoms with van der Waals surface area (Å²) in [6.45, 7) is 0. The van der Waals surface area contributed by atoms with Gasteiger partial charge in [0.05, 0.1) is 46.0 Å². The standard InChI is InChI=1S/C33H27BrClF2N7O6S/c1-43-29-26(8-7-23(35)27(29)30(41-43)42-51(48,49)10-9-17-3-5-22(50-2)6-4-17)44-31(39-24-14-19(34)16-38-28(24)32(44)45)25(40-33(46)47)13-18-11-20(36)15-21(37)12-18/h3-8,11-12,14-16,25,40H,9-10,13H2,1-2H3,(H,41,42)(H,46,47). The summed E-state index contributed by atoms with van der Waals surface area (Å²) in [6, 6.07) is 12.8. The van der Waals surface area contributed by atoms with Crippen LogP contribution < -0.4 is 20.3 Å². The molecule has 0 aliphatic rings.